The lowest BCUT2D eigenvalue weighted by Gasteiger charge is -2.19. The molecule has 0 aliphatic rings. The van der Waals surface area contributed by atoms with E-state index < -0.39 is 17.7 Å². The van der Waals surface area contributed by atoms with Crippen molar-refractivity contribution in [2.75, 3.05) is 13.7 Å². The molecule has 0 radical (unpaired) electrons. The zero-order valence-electron chi connectivity index (χ0n) is 16.8. The van der Waals surface area contributed by atoms with E-state index in [4.69, 9.17) is 4.74 Å². The number of unbranched alkanes of at least 4 members (excludes halogenated alkanes) is 4. The van der Waals surface area contributed by atoms with Crippen LogP contribution in [0.4, 0.5) is 4.79 Å². The minimum absolute atomic E-state index is 0.200. The fourth-order valence-electron chi connectivity index (χ4n) is 2.50. The molecule has 0 saturated heterocycles. The Morgan fingerprint density at radius 3 is 2.48 bits per heavy atom. The second-order valence-electron chi connectivity index (χ2n) is 7.44. The number of aliphatic hydroxyl groups excluding tert-OH is 1. The zero-order valence-corrected chi connectivity index (χ0v) is 16.8. The van der Waals surface area contributed by atoms with E-state index >= 15 is 0 Å². The molecule has 152 valence electrons. The average Bonchev–Trinajstić information content (AvgIpc) is 2.61. The molecule has 0 saturated carbocycles. The van der Waals surface area contributed by atoms with E-state index in [1.807, 2.05) is 20.8 Å². The molecule has 7 heteroatoms. The van der Waals surface area contributed by atoms with Crippen molar-refractivity contribution in [3.63, 3.8) is 0 Å². The van der Waals surface area contributed by atoms with E-state index in [0.717, 1.165) is 32.1 Å². The third-order valence-electron chi connectivity index (χ3n) is 3.83. The van der Waals surface area contributed by atoms with E-state index in [0.29, 0.717) is 18.7 Å². The lowest BCUT2D eigenvalue weighted by atomic mass is 10.1. The number of ether oxygens (including phenoxy) is 2. The third kappa shape index (κ3) is 9.94. The van der Waals surface area contributed by atoms with Crippen LogP contribution in [0.2, 0.25) is 0 Å². The van der Waals surface area contributed by atoms with Crippen LogP contribution >= 0.6 is 0 Å². The van der Waals surface area contributed by atoms with Gasteiger partial charge in [-0.25, -0.2) is 14.6 Å². The molecule has 1 atom stereocenters. The van der Waals surface area contributed by atoms with Crippen molar-refractivity contribution in [1.82, 2.24) is 10.3 Å². The Kier molecular flexibility index (Phi) is 9.78. The van der Waals surface area contributed by atoms with Gasteiger partial charge in [-0.2, -0.15) is 0 Å². The molecule has 2 N–H and O–H groups in total. The van der Waals surface area contributed by atoms with Crippen molar-refractivity contribution in [3.8, 4) is 0 Å². The SMILES string of the molecule is COC(=O)c1cccc(C(O)CCCCCCCNC(=O)OC(C)(C)C)n1. The van der Waals surface area contributed by atoms with Gasteiger partial charge in [0.1, 0.15) is 11.3 Å². The van der Waals surface area contributed by atoms with Gasteiger partial charge < -0.3 is 19.9 Å². The Balaban J connectivity index is 2.14. The summed E-state index contributed by atoms with van der Waals surface area (Å²) in [5.41, 5.74) is 0.210. The summed E-state index contributed by atoms with van der Waals surface area (Å²) in [5.74, 6) is -0.510. The quantitative estimate of drug-likeness (QED) is 0.474. The number of hydrogen-bond donors (Lipinski definition) is 2. The standard InChI is InChI=1S/C20H32N2O5/c1-20(2,3)27-19(25)21-14-9-7-5-6-8-13-17(23)15-11-10-12-16(22-15)18(24)26-4/h10-12,17,23H,5-9,13-14H2,1-4H3,(H,21,25). The minimum Gasteiger partial charge on any atom is -0.464 e. The number of nitrogens with one attached hydrogen (secondary N) is 1. The molecule has 0 fully saturated rings. The predicted octanol–water partition coefficient (Wildman–Crippen LogP) is 3.77. The van der Waals surface area contributed by atoms with Crippen molar-refractivity contribution >= 4 is 12.1 Å². The van der Waals surface area contributed by atoms with Crippen molar-refractivity contribution in [3.05, 3.63) is 29.6 Å². The number of aromatic nitrogens is 1. The van der Waals surface area contributed by atoms with Crippen LogP contribution < -0.4 is 5.32 Å². The van der Waals surface area contributed by atoms with Crippen LogP contribution in [-0.2, 0) is 9.47 Å². The van der Waals surface area contributed by atoms with Gasteiger partial charge in [-0.15, -0.1) is 0 Å². The summed E-state index contributed by atoms with van der Waals surface area (Å²) < 4.78 is 9.81. The number of esters is 1. The molecule has 0 spiro atoms. The molecule has 0 aromatic carbocycles. The van der Waals surface area contributed by atoms with E-state index in [9.17, 15) is 14.7 Å². The largest absolute Gasteiger partial charge is 0.464 e. The van der Waals surface area contributed by atoms with Gasteiger partial charge in [0.05, 0.1) is 18.9 Å². The first kappa shape index (κ1) is 22.9. The molecule has 1 heterocycles. The number of carbonyl (C=O) groups excluding carboxylic acids is 2. The molecular formula is C20H32N2O5. The van der Waals surface area contributed by atoms with Crippen LogP contribution in [0.15, 0.2) is 18.2 Å². The maximum atomic E-state index is 11.5. The van der Waals surface area contributed by atoms with Crippen LogP contribution in [0.5, 0.6) is 0 Å². The van der Waals surface area contributed by atoms with Crippen LogP contribution in [0.25, 0.3) is 0 Å². The minimum atomic E-state index is -0.691. The van der Waals surface area contributed by atoms with Gasteiger partial charge in [0.25, 0.3) is 0 Å². The summed E-state index contributed by atoms with van der Waals surface area (Å²) in [6, 6.07) is 4.96. The number of methoxy groups -OCH3 is 1. The fraction of sp³-hybridized carbons (Fsp3) is 0.650. The number of rotatable bonds is 10. The summed E-state index contributed by atoms with van der Waals surface area (Å²) in [6.45, 7) is 6.11. The summed E-state index contributed by atoms with van der Waals surface area (Å²) >= 11 is 0. The lowest BCUT2D eigenvalue weighted by molar-refractivity contribution is 0.0525. The molecule has 7 nitrogen and oxygen atoms in total. The number of nitrogens with zero attached hydrogens (tertiary/aromatic N) is 1. The molecule has 0 aliphatic heterocycles. The number of carbonyl (C=O) groups is 2. The Labute approximate surface area is 161 Å². The molecule has 1 aromatic heterocycles. The van der Waals surface area contributed by atoms with Gasteiger partial charge in [0.15, 0.2) is 0 Å². The van der Waals surface area contributed by atoms with Crippen LogP contribution in [0.1, 0.15) is 81.6 Å². The summed E-state index contributed by atoms with van der Waals surface area (Å²) in [6.07, 6.45) is 4.29. The highest BCUT2D eigenvalue weighted by molar-refractivity contribution is 5.87. The molecular weight excluding hydrogens is 348 g/mol. The van der Waals surface area contributed by atoms with Crippen molar-refractivity contribution in [1.29, 1.82) is 0 Å². The fourth-order valence-corrected chi connectivity index (χ4v) is 2.50. The van der Waals surface area contributed by atoms with Crippen LogP contribution in [0.3, 0.4) is 0 Å². The first-order chi connectivity index (χ1) is 12.7. The summed E-state index contributed by atoms with van der Waals surface area (Å²) in [7, 11) is 1.30. The second kappa shape index (κ2) is 11.5. The lowest BCUT2D eigenvalue weighted by Crippen LogP contribution is -2.32. The zero-order chi connectivity index (χ0) is 20.3. The van der Waals surface area contributed by atoms with Crippen LogP contribution in [0, 0.1) is 0 Å². The van der Waals surface area contributed by atoms with E-state index in [1.165, 1.54) is 7.11 Å². The van der Waals surface area contributed by atoms with Gasteiger partial charge in [-0.05, 0) is 45.7 Å². The van der Waals surface area contributed by atoms with Gasteiger partial charge in [0, 0.05) is 6.54 Å². The topological polar surface area (TPSA) is 97.8 Å². The van der Waals surface area contributed by atoms with Gasteiger partial charge in [-0.1, -0.05) is 31.7 Å². The molecule has 27 heavy (non-hydrogen) atoms. The summed E-state index contributed by atoms with van der Waals surface area (Å²) in [5, 5.41) is 13.0. The number of aliphatic hydroxyl groups is 1. The third-order valence-corrected chi connectivity index (χ3v) is 3.83. The average molecular weight is 380 g/mol. The molecule has 1 aromatic rings. The molecule has 0 aliphatic carbocycles. The number of pyridine rings is 1. The highest BCUT2D eigenvalue weighted by Crippen LogP contribution is 2.19. The highest BCUT2D eigenvalue weighted by Gasteiger charge is 2.15. The van der Waals surface area contributed by atoms with Crippen molar-refractivity contribution < 1.29 is 24.2 Å². The molecule has 1 amide bonds. The number of alkyl carbamates (subject to hydrolysis) is 1. The smallest absolute Gasteiger partial charge is 0.407 e. The first-order valence-electron chi connectivity index (χ1n) is 9.43. The Morgan fingerprint density at radius 1 is 1.15 bits per heavy atom. The Morgan fingerprint density at radius 2 is 1.81 bits per heavy atom. The number of hydrogen-bond acceptors (Lipinski definition) is 6. The highest BCUT2D eigenvalue weighted by atomic mass is 16.6. The van der Waals surface area contributed by atoms with Gasteiger partial charge in [-0.3, -0.25) is 0 Å². The van der Waals surface area contributed by atoms with Crippen molar-refractivity contribution in [2.24, 2.45) is 0 Å². The van der Waals surface area contributed by atoms with E-state index in [2.05, 4.69) is 15.0 Å². The predicted molar refractivity (Wildman–Crippen MR) is 102 cm³/mol. The van der Waals surface area contributed by atoms with Gasteiger partial charge in [0.2, 0.25) is 0 Å². The monoisotopic (exact) mass is 380 g/mol. The second-order valence-corrected chi connectivity index (χ2v) is 7.44. The molecule has 0 bridgehead atoms. The maximum Gasteiger partial charge on any atom is 0.407 e. The normalized spacial score (nSPS) is 12.3. The van der Waals surface area contributed by atoms with Crippen LogP contribution in [-0.4, -0.2) is 41.4 Å². The number of amides is 1. The summed E-state index contributed by atoms with van der Waals surface area (Å²) in [4.78, 5) is 27.1. The Bertz CT molecular complexity index is 598. The van der Waals surface area contributed by atoms with E-state index in [1.54, 1.807) is 18.2 Å². The van der Waals surface area contributed by atoms with E-state index in [-0.39, 0.29) is 11.8 Å². The van der Waals surface area contributed by atoms with Crippen molar-refractivity contribution in [2.45, 2.75) is 71.0 Å². The van der Waals surface area contributed by atoms with Gasteiger partial charge >= 0.3 is 12.1 Å². The maximum absolute atomic E-state index is 11.5. The first-order valence-corrected chi connectivity index (χ1v) is 9.43. The molecule has 1 rings (SSSR count). The molecule has 1 unspecified atom stereocenters. The Hall–Kier alpha value is -2.15.